The second kappa shape index (κ2) is 8.11. The number of amides is 1. The van der Waals surface area contributed by atoms with Crippen LogP contribution in [-0.4, -0.2) is 29.8 Å². The van der Waals surface area contributed by atoms with Crippen LogP contribution in [0.15, 0.2) is 42.5 Å². The third-order valence-electron chi connectivity index (χ3n) is 3.58. The Morgan fingerprint density at radius 1 is 1.19 bits per heavy atom. The lowest BCUT2D eigenvalue weighted by molar-refractivity contribution is -0.384. The summed E-state index contributed by atoms with van der Waals surface area (Å²) >= 11 is 0. The van der Waals surface area contributed by atoms with E-state index in [0.717, 1.165) is 0 Å². The van der Waals surface area contributed by atoms with Crippen LogP contribution in [0.1, 0.15) is 24.2 Å². The van der Waals surface area contributed by atoms with E-state index in [2.05, 4.69) is 5.32 Å². The molecule has 0 aliphatic heterocycles. The molecule has 8 heteroatoms. The number of nitrogens with zero attached hydrogens (tertiary/aromatic N) is 1. The third kappa shape index (κ3) is 4.56. The molecule has 2 aromatic rings. The van der Waals surface area contributed by atoms with Gasteiger partial charge in [-0.1, -0.05) is 12.1 Å². The molecule has 0 spiro atoms. The number of carbonyl (C=O) groups is 2. The summed E-state index contributed by atoms with van der Waals surface area (Å²) in [6, 6.07) is 10.4. The van der Waals surface area contributed by atoms with E-state index < -0.39 is 16.9 Å². The minimum Gasteiger partial charge on any atom is -0.494 e. The molecular formula is C18H18N2O6. The Morgan fingerprint density at radius 2 is 1.92 bits per heavy atom. The number of nitro benzene ring substituents is 1. The Bertz CT molecular complexity index is 849. The fourth-order valence-corrected chi connectivity index (χ4v) is 2.18. The largest absolute Gasteiger partial charge is 0.494 e. The lowest BCUT2D eigenvalue weighted by Gasteiger charge is -2.16. The Kier molecular flexibility index (Phi) is 5.90. The Labute approximate surface area is 149 Å². The Hall–Kier alpha value is -3.42. The zero-order valence-corrected chi connectivity index (χ0v) is 14.5. The van der Waals surface area contributed by atoms with Crippen LogP contribution in [0.5, 0.6) is 11.5 Å². The van der Waals surface area contributed by atoms with E-state index in [1.807, 2.05) is 0 Å². The van der Waals surface area contributed by atoms with Gasteiger partial charge in [-0.3, -0.25) is 19.7 Å². The summed E-state index contributed by atoms with van der Waals surface area (Å²) < 4.78 is 10.6. The van der Waals surface area contributed by atoms with Gasteiger partial charge < -0.3 is 14.8 Å². The first-order valence-electron chi connectivity index (χ1n) is 7.72. The van der Waals surface area contributed by atoms with Crippen molar-refractivity contribution < 1.29 is 24.0 Å². The fraction of sp³-hybridized carbons (Fsp3) is 0.222. The highest BCUT2D eigenvalue weighted by atomic mass is 16.6. The molecule has 0 heterocycles. The van der Waals surface area contributed by atoms with Crippen LogP contribution >= 0.6 is 0 Å². The van der Waals surface area contributed by atoms with Crippen LogP contribution < -0.4 is 14.8 Å². The lowest BCUT2D eigenvalue weighted by atomic mass is 10.1. The molecule has 0 aromatic heterocycles. The van der Waals surface area contributed by atoms with Gasteiger partial charge >= 0.3 is 0 Å². The van der Waals surface area contributed by atoms with Gasteiger partial charge in [-0.15, -0.1) is 0 Å². The molecular weight excluding hydrogens is 340 g/mol. The predicted molar refractivity (Wildman–Crippen MR) is 94.8 cm³/mol. The van der Waals surface area contributed by atoms with Crippen molar-refractivity contribution in [1.82, 2.24) is 0 Å². The monoisotopic (exact) mass is 358 g/mol. The molecule has 0 radical (unpaired) electrons. The number of hydrogen-bond donors (Lipinski definition) is 1. The maximum Gasteiger partial charge on any atom is 0.273 e. The van der Waals surface area contributed by atoms with Gasteiger partial charge in [0, 0.05) is 11.6 Å². The quantitative estimate of drug-likeness (QED) is 0.462. The molecule has 1 N–H and O–H groups in total. The van der Waals surface area contributed by atoms with E-state index in [9.17, 15) is 19.7 Å². The molecule has 2 aromatic carbocycles. The molecule has 26 heavy (non-hydrogen) atoms. The number of benzene rings is 2. The third-order valence-corrected chi connectivity index (χ3v) is 3.58. The van der Waals surface area contributed by atoms with E-state index in [0.29, 0.717) is 11.3 Å². The summed E-state index contributed by atoms with van der Waals surface area (Å²) in [6.45, 7) is 2.99. The molecule has 0 aliphatic carbocycles. The number of rotatable bonds is 7. The second-order valence-electron chi connectivity index (χ2n) is 5.48. The van der Waals surface area contributed by atoms with Gasteiger partial charge in [-0.25, -0.2) is 0 Å². The van der Waals surface area contributed by atoms with Crippen LogP contribution in [0.2, 0.25) is 0 Å². The predicted octanol–water partition coefficient (Wildman–Crippen LogP) is 3.21. The van der Waals surface area contributed by atoms with Gasteiger partial charge in [0.1, 0.15) is 11.5 Å². The summed E-state index contributed by atoms with van der Waals surface area (Å²) in [5, 5.41) is 13.4. The molecule has 2 rings (SSSR count). The van der Waals surface area contributed by atoms with Crippen LogP contribution in [0.25, 0.3) is 0 Å². The first-order chi connectivity index (χ1) is 12.3. The van der Waals surface area contributed by atoms with Crippen LogP contribution in [-0.2, 0) is 4.79 Å². The van der Waals surface area contributed by atoms with E-state index in [-0.39, 0.29) is 22.9 Å². The number of Topliss-reactive ketones (excluding diaryl/α,β-unsaturated/α-hetero) is 1. The highest BCUT2D eigenvalue weighted by Crippen LogP contribution is 2.29. The van der Waals surface area contributed by atoms with Crippen molar-refractivity contribution in [3.8, 4) is 11.5 Å². The molecule has 0 aliphatic rings. The van der Waals surface area contributed by atoms with Crippen molar-refractivity contribution in [1.29, 1.82) is 0 Å². The van der Waals surface area contributed by atoms with Crippen LogP contribution in [0.3, 0.4) is 0 Å². The van der Waals surface area contributed by atoms with Gasteiger partial charge in [0.05, 0.1) is 23.8 Å². The van der Waals surface area contributed by atoms with Gasteiger partial charge in [0.15, 0.2) is 11.9 Å². The number of ether oxygens (including phenoxy) is 2. The van der Waals surface area contributed by atoms with Crippen molar-refractivity contribution in [2.75, 3.05) is 12.4 Å². The summed E-state index contributed by atoms with van der Waals surface area (Å²) in [6.07, 6.45) is -0.864. The van der Waals surface area contributed by atoms with Gasteiger partial charge in [0.25, 0.3) is 11.6 Å². The highest BCUT2D eigenvalue weighted by molar-refractivity contribution is 5.96. The molecule has 1 amide bonds. The Balaban J connectivity index is 2.11. The molecule has 0 fully saturated rings. The number of ketones is 1. The summed E-state index contributed by atoms with van der Waals surface area (Å²) in [7, 11) is 1.35. The van der Waals surface area contributed by atoms with Gasteiger partial charge in [-0.05, 0) is 32.0 Å². The molecule has 136 valence electrons. The van der Waals surface area contributed by atoms with Crippen LogP contribution in [0.4, 0.5) is 11.4 Å². The van der Waals surface area contributed by atoms with Crippen molar-refractivity contribution in [3.63, 3.8) is 0 Å². The number of non-ortho nitro benzene ring substituents is 1. The van der Waals surface area contributed by atoms with E-state index in [1.165, 1.54) is 32.2 Å². The number of nitrogens with one attached hydrogen (secondary N) is 1. The number of carbonyl (C=O) groups excluding carboxylic acids is 2. The van der Waals surface area contributed by atoms with Crippen LogP contribution in [0, 0.1) is 10.1 Å². The number of hydrogen-bond acceptors (Lipinski definition) is 6. The van der Waals surface area contributed by atoms with Crippen molar-refractivity contribution >= 4 is 23.1 Å². The second-order valence-corrected chi connectivity index (χ2v) is 5.48. The summed E-state index contributed by atoms with van der Waals surface area (Å²) in [5.74, 6) is -0.0251. The number of nitro groups is 1. The minimum absolute atomic E-state index is 0.108. The van der Waals surface area contributed by atoms with Crippen molar-refractivity contribution in [2.24, 2.45) is 0 Å². The lowest BCUT2D eigenvalue weighted by Crippen LogP contribution is -2.30. The SMILES string of the molecule is COc1cc([N+](=O)[O-])ccc1NC(=O)[C@@H](C)Oc1cccc(C(C)=O)c1. The van der Waals surface area contributed by atoms with Crippen molar-refractivity contribution in [3.05, 3.63) is 58.1 Å². The molecule has 0 saturated carbocycles. The molecule has 0 bridgehead atoms. The average Bonchev–Trinajstić information content (AvgIpc) is 2.61. The Morgan fingerprint density at radius 3 is 2.54 bits per heavy atom. The fourth-order valence-electron chi connectivity index (χ4n) is 2.18. The summed E-state index contributed by atoms with van der Waals surface area (Å²) in [4.78, 5) is 34.0. The zero-order chi connectivity index (χ0) is 19.3. The van der Waals surface area contributed by atoms with E-state index in [4.69, 9.17) is 9.47 Å². The van der Waals surface area contributed by atoms with E-state index in [1.54, 1.807) is 31.2 Å². The smallest absolute Gasteiger partial charge is 0.273 e. The zero-order valence-electron chi connectivity index (χ0n) is 14.5. The summed E-state index contributed by atoms with van der Waals surface area (Å²) in [5.41, 5.74) is 0.619. The van der Waals surface area contributed by atoms with Crippen molar-refractivity contribution in [2.45, 2.75) is 20.0 Å². The maximum absolute atomic E-state index is 12.3. The molecule has 0 saturated heterocycles. The molecule has 0 unspecified atom stereocenters. The standard InChI is InChI=1S/C18H18N2O6/c1-11(21)13-5-4-6-15(9-13)26-12(2)18(22)19-16-8-7-14(20(23)24)10-17(16)25-3/h4-10,12H,1-3H3,(H,19,22)/t12-/m1/s1. The minimum atomic E-state index is -0.864. The molecule has 8 nitrogen and oxygen atoms in total. The molecule has 1 atom stereocenters. The van der Waals surface area contributed by atoms with Gasteiger partial charge in [-0.2, -0.15) is 0 Å². The normalized spacial score (nSPS) is 11.3. The van der Waals surface area contributed by atoms with Gasteiger partial charge in [0.2, 0.25) is 0 Å². The maximum atomic E-state index is 12.3. The average molecular weight is 358 g/mol. The van der Waals surface area contributed by atoms with E-state index >= 15 is 0 Å². The topological polar surface area (TPSA) is 108 Å². The first kappa shape index (κ1) is 18.9. The first-order valence-corrected chi connectivity index (χ1v) is 7.72. The number of methoxy groups -OCH3 is 1. The highest BCUT2D eigenvalue weighted by Gasteiger charge is 2.19. The number of anilines is 1.